The highest BCUT2D eigenvalue weighted by atomic mass is 32.2. The van der Waals surface area contributed by atoms with Crippen LogP contribution in [0.4, 0.5) is 5.82 Å². The molecule has 0 spiro atoms. The third kappa shape index (κ3) is 5.65. The molecule has 0 radical (unpaired) electrons. The van der Waals surface area contributed by atoms with Crippen molar-refractivity contribution in [3.63, 3.8) is 0 Å². The minimum atomic E-state index is -0.563. The first-order chi connectivity index (χ1) is 20.0. The second-order valence-electron chi connectivity index (χ2n) is 10.3. The molecule has 2 N–H and O–H groups in total. The molecule has 41 heavy (non-hydrogen) atoms. The first kappa shape index (κ1) is 26.9. The highest BCUT2D eigenvalue weighted by molar-refractivity contribution is 7.98. The third-order valence-electron chi connectivity index (χ3n) is 7.49. The van der Waals surface area contributed by atoms with Crippen molar-refractivity contribution in [1.29, 1.82) is 0 Å². The summed E-state index contributed by atoms with van der Waals surface area (Å²) >= 11 is 1.48. The number of anilines is 1. The molecule has 6 rings (SSSR count). The lowest BCUT2D eigenvalue weighted by molar-refractivity contribution is -0.116. The van der Waals surface area contributed by atoms with Gasteiger partial charge >= 0.3 is 0 Å². The Kier molecular flexibility index (Phi) is 7.65. The van der Waals surface area contributed by atoms with Gasteiger partial charge in [0.1, 0.15) is 12.4 Å². The van der Waals surface area contributed by atoms with Crippen LogP contribution in [0.15, 0.2) is 94.0 Å². The maximum absolute atomic E-state index is 13.7. The monoisotopic (exact) mass is 565 g/mol. The van der Waals surface area contributed by atoms with Crippen molar-refractivity contribution in [2.24, 2.45) is 0 Å². The number of nitrogens with zero attached hydrogens (tertiary/aromatic N) is 1. The number of hydrogen-bond donors (Lipinski definition) is 2. The lowest BCUT2D eigenvalue weighted by atomic mass is 9.76. The summed E-state index contributed by atoms with van der Waals surface area (Å²) in [4.78, 5) is 34.8. The second kappa shape index (κ2) is 11.7. The smallest absolute Gasteiger partial charge is 0.257 e. The molecule has 4 aromatic rings. The normalized spacial score (nSPS) is 16.0. The zero-order valence-corrected chi connectivity index (χ0v) is 23.8. The molecule has 1 aromatic heterocycles. The Morgan fingerprint density at radius 2 is 1.76 bits per heavy atom. The van der Waals surface area contributed by atoms with Crippen molar-refractivity contribution >= 4 is 23.4 Å². The molecule has 2 heterocycles. The molecule has 0 fully saturated rings. The van der Waals surface area contributed by atoms with Crippen LogP contribution >= 0.6 is 11.8 Å². The maximum atomic E-state index is 13.7. The van der Waals surface area contributed by atoms with Crippen LogP contribution in [0.25, 0.3) is 0 Å². The van der Waals surface area contributed by atoms with Gasteiger partial charge in [0, 0.05) is 29.4 Å². The van der Waals surface area contributed by atoms with Crippen LogP contribution in [0.5, 0.6) is 11.5 Å². The van der Waals surface area contributed by atoms with Crippen molar-refractivity contribution in [2.75, 3.05) is 12.4 Å². The topological polar surface area (TPSA) is 93.3 Å². The predicted molar refractivity (Wildman–Crippen MR) is 161 cm³/mol. The van der Waals surface area contributed by atoms with E-state index < -0.39 is 5.92 Å². The average Bonchev–Trinajstić information content (AvgIpc) is 2.99. The molecule has 0 amide bonds. The van der Waals surface area contributed by atoms with Gasteiger partial charge in [-0.05, 0) is 48.6 Å². The third-order valence-corrected chi connectivity index (χ3v) is 8.44. The first-order valence-electron chi connectivity index (χ1n) is 13.7. The molecule has 1 unspecified atom stereocenters. The van der Waals surface area contributed by atoms with Gasteiger partial charge in [0.15, 0.2) is 22.4 Å². The van der Waals surface area contributed by atoms with E-state index in [-0.39, 0.29) is 11.3 Å². The molecule has 0 saturated heterocycles. The van der Waals surface area contributed by atoms with Crippen LogP contribution < -0.4 is 20.3 Å². The molecule has 1 aliphatic carbocycles. The Balaban J connectivity index is 1.37. The number of aromatic nitrogens is 2. The van der Waals surface area contributed by atoms with Gasteiger partial charge in [-0.2, -0.15) is 0 Å². The summed E-state index contributed by atoms with van der Waals surface area (Å²) < 4.78 is 11.8. The number of benzene rings is 3. The number of ether oxygens (including phenoxy) is 2. The number of ketones is 1. The number of allylic oxidation sites excluding steroid dienone is 2. The SMILES string of the molecule is COc1ccc(C2C3=C(CCCC3=O)Nc3nc(SCc4ccc(C)cc4)[nH]c(=O)c32)cc1OCc1ccccc1. The van der Waals surface area contributed by atoms with Gasteiger partial charge in [0.05, 0.1) is 12.7 Å². The van der Waals surface area contributed by atoms with Crippen LogP contribution in [-0.2, 0) is 17.2 Å². The molecular weight excluding hydrogens is 534 g/mol. The van der Waals surface area contributed by atoms with E-state index in [9.17, 15) is 9.59 Å². The Morgan fingerprint density at radius 1 is 0.951 bits per heavy atom. The fourth-order valence-electron chi connectivity index (χ4n) is 5.40. The molecule has 1 aliphatic heterocycles. The van der Waals surface area contributed by atoms with Gasteiger partial charge in [-0.15, -0.1) is 0 Å². The van der Waals surface area contributed by atoms with Gasteiger partial charge < -0.3 is 19.8 Å². The Morgan fingerprint density at radius 3 is 2.54 bits per heavy atom. The van der Waals surface area contributed by atoms with Gasteiger partial charge in [0.25, 0.3) is 5.56 Å². The van der Waals surface area contributed by atoms with Gasteiger partial charge in [0.2, 0.25) is 0 Å². The number of hydrogen-bond acceptors (Lipinski definition) is 7. The summed E-state index contributed by atoms with van der Waals surface area (Å²) in [5, 5.41) is 3.89. The van der Waals surface area contributed by atoms with Crippen LogP contribution in [0.3, 0.4) is 0 Å². The number of fused-ring (bicyclic) bond motifs is 1. The van der Waals surface area contributed by atoms with Gasteiger partial charge in [-0.25, -0.2) is 4.98 Å². The largest absolute Gasteiger partial charge is 0.493 e. The number of methoxy groups -OCH3 is 1. The van der Waals surface area contributed by atoms with E-state index in [0.717, 1.165) is 35.2 Å². The van der Waals surface area contributed by atoms with E-state index in [1.807, 2.05) is 48.5 Å². The Bertz CT molecular complexity index is 1680. The number of thioether (sulfide) groups is 1. The number of aryl methyl sites for hydroxylation is 1. The lowest BCUT2D eigenvalue weighted by Gasteiger charge is -2.33. The summed E-state index contributed by atoms with van der Waals surface area (Å²) in [6.07, 6.45) is 1.94. The van der Waals surface area contributed by atoms with E-state index in [2.05, 4.69) is 41.5 Å². The minimum absolute atomic E-state index is 0.0502. The second-order valence-corrected chi connectivity index (χ2v) is 11.3. The summed E-state index contributed by atoms with van der Waals surface area (Å²) in [5.41, 5.74) is 5.82. The molecule has 8 heteroatoms. The number of Topliss-reactive ketones (excluding diaryl/α,β-unsaturated/α-hetero) is 1. The van der Waals surface area contributed by atoms with Crippen LogP contribution in [-0.4, -0.2) is 22.9 Å². The number of carbonyl (C=O) groups excluding carboxylic acids is 1. The van der Waals surface area contributed by atoms with E-state index in [0.29, 0.717) is 52.4 Å². The molecule has 3 aromatic carbocycles. The molecule has 0 bridgehead atoms. The van der Waals surface area contributed by atoms with Gasteiger partial charge in [-0.1, -0.05) is 78.0 Å². The zero-order chi connectivity index (χ0) is 28.3. The van der Waals surface area contributed by atoms with Crippen LogP contribution in [0.2, 0.25) is 0 Å². The summed E-state index contributed by atoms with van der Waals surface area (Å²) in [5.74, 6) is 1.80. The average molecular weight is 566 g/mol. The van der Waals surface area contributed by atoms with Gasteiger partial charge in [-0.3, -0.25) is 9.59 Å². The van der Waals surface area contributed by atoms with E-state index in [1.165, 1.54) is 17.3 Å². The highest BCUT2D eigenvalue weighted by Crippen LogP contribution is 2.45. The Hall–Kier alpha value is -4.30. The highest BCUT2D eigenvalue weighted by Gasteiger charge is 2.38. The summed E-state index contributed by atoms with van der Waals surface area (Å²) in [6.45, 7) is 2.42. The number of carbonyl (C=O) groups is 1. The van der Waals surface area contributed by atoms with Crippen molar-refractivity contribution in [3.8, 4) is 11.5 Å². The Labute approximate surface area is 243 Å². The van der Waals surface area contributed by atoms with E-state index >= 15 is 0 Å². The van der Waals surface area contributed by atoms with Crippen molar-refractivity contribution in [2.45, 2.75) is 49.6 Å². The van der Waals surface area contributed by atoms with Crippen molar-refractivity contribution < 1.29 is 14.3 Å². The number of aromatic amines is 1. The minimum Gasteiger partial charge on any atom is -0.493 e. The first-order valence-corrected chi connectivity index (χ1v) is 14.7. The predicted octanol–water partition coefficient (Wildman–Crippen LogP) is 6.52. The fourth-order valence-corrected chi connectivity index (χ4v) is 6.22. The number of rotatable bonds is 8. The summed E-state index contributed by atoms with van der Waals surface area (Å²) in [7, 11) is 1.60. The molecule has 7 nitrogen and oxygen atoms in total. The zero-order valence-electron chi connectivity index (χ0n) is 23.0. The maximum Gasteiger partial charge on any atom is 0.257 e. The fraction of sp³-hybridized carbons (Fsp3) is 0.242. The lowest BCUT2D eigenvalue weighted by Crippen LogP contribution is -2.32. The molecule has 2 aliphatic rings. The van der Waals surface area contributed by atoms with Crippen LogP contribution in [0.1, 0.15) is 53.0 Å². The van der Waals surface area contributed by atoms with Crippen molar-refractivity contribution in [3.05, 3.63) is 122 Å². The standard InChI is InChI=1S/C33H31N3O4S/c1-20-11-13-22(14-12-20)19-41-33-35-31-30(32(38)36-33)28(29-24(34-31)9-6-10-25(29)37)23-15-16-26(39-2)27(17-23)40-18-21-7-4-3-5-8-21/h3-5,7-8,11-17,28H,6,9-10,18-19H2,1-2H3,(H2,34,35,36,38). The van der Waals surface area contributed by atoms with E-state index in [4.69, 9.17) is 14.5 Å². The van der Waals surface area contributed by atoms with Crippen LogP contribution in [0, 0.1) is 6.92 Å². The van der Waals surface area contributed by atoms with E-state index in [1.54, 1.807) is 7.11 Å². The quantitative estimate of drug-likeness (QED) is 0.186. The number of H-pyrrole nitrogens is 1. The summed E-state index contributed by atoms with van der Waals surface area (Å²) in [6, 6.07) is 23.8. The molecule has 1 atom stereocenters. The van der Waals surface area contributed by atoms with Crippen molar-refractivity contribution in [1.82, 2.24) is 9.97 Å². The molecule has 0 saturated carbocycles. The number of nitrogens with one attached hydrogen (secondary N) is 2. The molecular formula is C33H31N3O4S. The molecule has 208 valence electrons.